The van der Waals surface area contributed by atoms with Gasteiger partial charge in [-0.1, -0.05) is 37.3 Å². The van der Waals surface area contributed by atoms with Gasteiger partial charge in [0.15, 0.2) is 0 Å². The molecule has 1 atom stereocenters. The Morgan fingerprint density at radius 3 is 2.56 bits per heavy atom. The van der Waals surface area contributed by atoms with E-state index < -0.39 is 0 Å². The van der Waals surface area contributed by atoms with Crippen LogP contribution >= 0.6 is 0 Å². The predicted octanol–water partition coefficient (Wildman–Crippen LogP) is 2.25. The molecule has 1 unspecified atom stereocenters. The molecular weight excluding hydrogens is 224 g/mol. The van der Waals surface area contributed by atoms with Crippen LogP contribution in [0.3, 0.4) is 0 Å². The maximum atomic E-state index is 11.8. The van der Waals surface area contributed by atoms with E-state index in [4.69, 9.17) is 5.73 Å². The van der Waals surface area contributed by atoms with Gasteiger partial charge in [0.2, 0.25) is 5.91 Å². The summed E-state index contributed by atoms with van der Waals surface area (Å²) in [6, 6.07) is 10.2. The molecule has 18 heavy (non-hydrogen) atoms. The molecule has 0 radical (unpaired) electrons. The third kappa shape index (κ3) is 4.88. The van der Waals surface area contributed by atoms with Crippen LogP contribution in [0, 0.1) is 0 Å². The molecule has 1 aromatic rings. The largest absolute Gasteiger partial charge is 0.350 e. The zero-order chi connectivity index (χ0) is 13.4. The van der Waals surface area contributed by atoms with Crippen LogP contribution in [0.2, 0.25) is 0 Å². The number of hydrogen-bond donors (Lipinski definition) is 2. The normalized spacial score (nSPS) is 13.9. The number of aryl methyl sites for hydroxylation is 1. The van der Waals surface area contributed by atoms with Crippen molar-refractivity contribution in [3.05, 3.63) is 35.9 Å². The van der Waals surface area contributed by atoms with Gasteiger partial charge in [-0.3, -0.25) is 4.79 Å². The molecule has 0 saturated heterocycles. The van der Waals surface area contributed by atoms with Crippen LogP contribution in [0.15, 0.2) is 30.3 Å². The maximum absolute atomic E-state index is 11.8. The summed E-state index contributed by atoms with van der Waals surface area (Å²) >= 11 is 0. The number of amides is 1. The molecule has 3 heteroatoms. The number of rotatable bonds is 7. The van der Waals surface area contributed by atoms with E-state index in [9.17, 15) is 4.79 Å². The summed E-state index contributed by atoms with van der Waals surface area (Å²) in [5, 5.41) is 3.02. The molecule has 1 amide bonds. The van der Waals surface area contributed by atoms with Crippen molar-refractivity contribution >= 4 is 5.91 Å². The van der Waals surface area contributed by atoms with Gasteiger partial charge in [0.25, 0.3) is 0 Å². The molecule has 1 rings (SSSR count). The first-order valence-electron chi connectivity index (χ1n) is 6.64. The lowest BCUT2D eigenvalue weighted by molar-refractivity contribution is -0.122. The number of nitrogens with two attached hydrogens (primary N) is 1. The van der Waals surface area contributed by atoms with Crippen LogP contribution in [0.5, 0.6) is 0 Å². The summed E-state index contributed by atoms with van der Waals surface area (Å²) in [6.07, 6.45) is 3.23. The molecule has 1 aromatic carbocycles. The third-order valence-corrected chi connectivity index (χ3v) is 3.38. The lowest BCUT2D eigenvalue weighted by Crippen LogP contribution is -2.50. The number of carbonyl (C=O) groups excluding carboxylic acids is 1. The van der Waals surface area contributed by atoms with Gasteiger partial charge in [-0.15, -0.1) is 0 Å². The second-order valence-electron chi connectivity index (χ2n) is 5.01. The summed E-state index contributed by atoms with van der Waals surface area (Å²) in [7, 11) is 0. The Morgan fingerprint density at radius 2 is 2.00 bits per heavy atom. The molecule has 3 N–H and O–H groups in total. The van der Waals surface area contributed by atoms with Crippen LogP contribution in [0.25, 0.3) is 0 Å². The summed E-state index contributed by atoms with van der Waals surface area (Å²) in [4.78, 5) is 11.8. The predicted molar refractivity (Wildman–Crippen MR) is 75.3 cm³/mol. The minimum Gasteiger partial charge on any atom is -0.350 e. The molecule has 0 fully saturated rings. The van der Waals surface area contributed by atoms with Gasteiger partial charge in [-0.25, -0.2) is 0 Å². The Labute approximate surface area is 110 Å². The molecule has 0 aliphatic rings. The Bertz CT molecular complexity index is 358. The van der Waals surface area contributed by atoms with Crippen LogP contribution < -0.4 is 11.1 Å². The lowest BCUT2D eigenvalue weighted by atomic mass is 9.98. The maximum Gasteiger partial charge on any atom is 0.220 e. The Kier molecular flexibility index (Phi) is 5.86. The van der Waals surface area contributed by atoms with E-state index >= 15 is 0 Å². The Balaban J connectivity index is 2.30. The minimum absolute atomic E-state index is 0.0979. The zero-order valence-electron chi connectivity index (χ0n) is 11.4. The molecule has 0 saturated carbocycles. The van der Waals surface area contributed by atoms with Crippen molar-refractivity contribution in [3.63, 3.8) is 0 Å². The zero-order valence-corrected chi connectivity index (χ0v) is 11.4. The highest BCUT2D eigenvalue weighted by atomic mass is 16.1. The molecule has 0 aromatic heterocycles. The number of benzene rings is 1. The smallest absolute Gasteiger partial charge is 0.220 e. The first-order valence-corrected chi connectivity index (χ1v) is 6.64. The SMILES string of the molecule is CCC(C)(CN)NC(=O)CCCc1ccccc1. The second-order valence-corrected chi connectivity index (χ2v) is 5.01. The van der Waals surface area contributed by atoms with Gasteiger partial charge in [0, 0.05) is 18.5 Å². The van der Waals surface area contributed by atoms with Crippen molar-refractivity contribution in [3.8, 4) is 0 Å². The third-order valence-electron chi connectivity index (χ3n) is 3.38. The molecular formula is C15H24N2O. The van der Waals surface area contributed by atoms with Gasteiger partial charge in [-0.2, -0.15) is 0 Å². The summed E-state index contributed by atoms with van der Waals surface area (Å²) in [6.45, 7) is 4.51. The molecule has 0 aliphatic carbocycles. The van der Waals surface area contributed by atoms with E-state index in [1.807, 2.05) is 32.0 Å². The Hall–Kier alpha value is -1.35. The van der Waals surface area contributed by atoms with Gasteiger partial charge in [-0.05, 0) is 31.7 Å². The van der Waals surface area contributed by atoms with Crippen molar-refractivity contribution in [1.29, 1.82) is 0 Å². The van der Waals surface area contributed by atoms with Crippen LogP contribution in [0.4, 0.5) is 0 Å². The van der Waals surface area contributed by atoms with E-state index in [1.54, 1.807) is 0 Å². The van der Waals surface area contributed by atoms with E-state index in [0.717, 1.165) is 19.3 Å². The van der Waals surface area contributed by atoms with Crippen molar-refractivity contribution in [2.45, 2.75) is 45.1 Å². The number of carbonyl (C=O) groups is 1. The second kappa shape index (κ2) is 7.17. The fourth-order valence-electron chi connectivity index (χ4n) is 1.78. The Morgan fingerprint density at radius 1 is 1.33 bits per heavy atom. The average Bonchev–Trinajstić information content (AvgIpc) is 2.40. The van der Waals surface area contributed by atoms with Crippen LogP contribution in [0.1, 0.15) is 38.7 Å². The van der Waals surface area contributed by atoms with Crippen LogP contribution in [-0.2, 0) is 11.2 Å². The fraction of sp³-hybridized carbons (Fsp3) is 0.533. The molecule has 0 aliphatic heterocycles. The van der Waals surface area contributed by atoms with E-state index in [2.05, 4.69) is 17.4 Å². The van der Waals surface area contributed by atoms with Crippen molar-refractivity contribution in [1.82, 2.24) is 5.32 Å². The number of nitrogens with one attached hydrogen (secondary N) is 1. The molecule has 0 spiro atoms. The lowest BCUT2D eigenvalue weighted by Gasteiger charge is -2.27. The highest BCUT2D eigenvalue weighted by molar-refractivity contribution is 5.76. The van der Waals surface area contributed by atoms with Crippen molar-refractivity contribution < 1.29 is 4.79 Å². The van der Waals surface area contributed by atoms with E-state index in [-0.39, 0.29) is 11.4 Å². The first-order chi connectivity index (χ1) is 8.59. The highest BCUT2D eigenvalue weighted by Gasteiger charge is 2.21. The first kappa shape index (κ1) is 14.7. The van der Waals surface area contributed by atoms with Gasteiger partial charge in [0.1, 0.15) is 0 Å². The van der Waals surface area contributed by atoms with Gasteiger partial charge in [0.05, 0.1) is 0 Å². The summed E-state index contributed by atoms with van der Waals surface area (Å²) < 4.78 is 0. The molecule has 0 bridgehead atoms. The minimum atomic E-state index is -0.260. The molecule has 100 valence electrons. The highest BCUT2D eigenvalue weighted by Crippen LogP contribution is 2.09. The van der Waals surface area contributed by atoms with Crippen molar-refractivity contribution in [2.24, 2.45) is 5.73 Å². The topological polar surface area (TPSA) is 55.1 Å². The fourth-order valence-corrected chi connectivity index (χ4v) is 1.78. The molecule has 3 nitrogen and oxygen atoms in total. The van der Waals surface area contributed by atoms with E-state index in [1.165, 1.54) is 5.56 Å². The molecule has 0 heterocycles. The van der Waals surface area contributed by atoms with E-state index in [0.29, 0.717) is 13.0 Å². The van der Waals surface area contributed by atoms with Crippen LogP contribution in [-0.4, -0.2) is 18.0 Å². The quantitative estimate of drug-likeness (QED) is 0.777. The summed E-state index contributed by atoms with van der Waals surface area (Å²) in [5.74, 6) is 0.0979. The van der Waals surface area contributed by atoms with Gasteiger partial charge < -0.3 is 11.1 Å². The standard InChI is InChI=1S/C15H24N2O/c1-3-15(2,12-16)17-14(18)11-7-10-13-8-5-4-6-9-13/h4-6,8-9H,3,7,10-12,16H2,1-2H3,(H,17,18). The number of hydrogen-bond acceptors (Lipinski definition) is 2. The monoisotopic (exact) mass is 248 g/mol. The van der Waals surface area contributed by atoms with Crippen molar-refractivity contribution in [2.75, 3.05) is 6.54 Å². The average molecular weight is 248 g/mol. The summed E-state index contributed by atoms with van der Waals surface area (Å²) in [5.41, 5.74) is 6.69. The van der Waals surface area contributed by atoms with Gasteiger partial charge >= 0.3 is 0 Å².